The van der Waals surface area contributed by atoms with Crippen molar-refractivity contribution in [2.24, 2.45) is 23.5 Å². The van der Waals surface area contributed by atoms with Crippen LogP contribution in [0.4, 0.5) is 0 Å². The van der Waals surface area contributed by atoms with E-state index in [0.29, 0.717) is 0 Å². The van der Waals surface area contributed by atoms with Gasteiger partial charge in [-0.3, -0.25) is 0 Å². The van der Waals surface area contributed by atoms with Crippen molar-refractivity contribution in [2.75, 3.05) is 6.61 Å². The molecule has 1 unspecified atom stereocenters. The molecule has 0 radical (unpaired) electrons. The molecule has 4 heteroatoms. The number of hydrogen-bond donors (Lipinski definition) is 2. The fourth-order valence-electron chi connectivity index (χ4n) is 2.84. The van der Waals surface area contributed by atoms with Gasteiger partial charge < -0.3 is 15.4 Å². The SMILES string of the molecule is NC(CO)c1cncn1CC(C1CC1)C1CC1. The van der Waals surface area contributed by atoms with Gasteiger partial charge in [-0.1, -0.05) is 0 Å². The Balaban J connectivity index is 1.72. The van der Waals surface area contributed by atoms with Crippen molar-refractivity contribution in [1.29, 1.82) is 0 Å². The van der Waals surface area contributed by atoms with Gasteiger partial charge in [0.2, 0.25) is 0 Å². The minimum absolute atomic E-state index is 0.0107. The van der Waals surface area contributed by atoms with Gasteiger partial charge in [0.1, 0.15) is 0 Å². The van der Waals surface area contributed by atoms with Gasteiger partial charge in [0, 0.05) is 12.7 Å². The van der Waals surface area contributed by atoms with Gasteiger partial charge in [0.15, 0.2) is 0 Å². The maximum absolute atomic E-state index is 9.14. The molecule has 2 saturated carbocycles. The molecule has 0 saturated heterocycles. The second-order valence-corrected chi connectivity index (χ2v) is 5.60. The Morgan fingerprint density at radius 2 is 2.00 bits per heavy atom. The number of aliphatic hydroxyl groups excluding tert-OH is 1. The summed E-state index contributed by atoms with van der Waals surface area (Å²) in [7, 11) is 0. The van der Waals surface area contributed by atoms with Crippen LogP contribution in [-0.4, -0.2) is 21.3 Å². The van der Waals surface area contributed by atoms with Crippen molar-refractivity contribution in [2.45, 2.75) is 38.3 Å². The molecule has 0 aromatic carbocycles. The quantitative estimate of drug-likeness (QED) is 0.781. The fraction of sp³-hybridized carbons (Fsp3) is 0.769. The standard InChI is InChI=1S/C13H21N3O/c14-12(7-17)13-5-15-8-16(13)6-11(9-1-2-9)10-3-4-10/h5,8-12,17H,1-4,6-7,14H2. The summed E-state index contributed by atoms with van der Waals surface area (Å²) in [5.41, 5.74) is 6.86. The highest BCUT2D eigenvalue weighted by Gasteiger charge is 2.41. The van der Waals surface area contributed by atoms with E-state index in [4.69, 9.17) is 10.8 Å². The van der Waals surface area contributed by atoms with Gasteiger partial charge in [-0.15, -0.1) is 0 Å². The molecule has 0 aliphatic heterocycles. The third kappa shape index (κ3) is 2.38. The Morgan fingerprint density at radius 1 is 1.35 bits per heavy atom. The lowest BCUT2D eigenvalue weighted by molar-refractivity contribution is 0.259. The van der Waals surface area contributed by atoms with Crippen LogP contribution in [0.2, 0.25) is 0 Å². The highest BCUT2D eigenvalue weighted by Crippen LogP contribution is 2.49. The van der Waals surface area contributed by atoms with Crippen molar-refractivity contribution in [3.63, 3.8) is 0 Å². The van der Waals surface area contributed by atoms with Crippen molar-refractivity contribution < 1.29 is 5.11 Å². The number of nitrogens with zero attached hydrogens (tertiary/aromatic N) is 2. The first-order chi connectivity index (χ1) is 8.29. The second kappa shape index (κ2) is 4.42. The molecule has 3 rings (SSSR count). The van der Waals surface area contributed by atoms with Crippen molar-refractivity contribution in [3.05, 3.63) is 18.2 Å². The lowest BCUT2D eigenvalue weighted by Crippen LogP contribution is -2.22. The zero-order chi connectivity index (χ0) is 11.8. The monoisotopic (exact) mass is 235 g/mol. The zero-order valence-electron chi connectivity index (χ0n) is 10.1. The molecular weight excluding hydrogens is 214 g/mol. The molecule has 4 nitrogen and oxygen atoms in total. The molecular formula is C13H21N3O. The molecule has 2 aliphatic carbocycles. The molecule has 17 heavy (non-hydrogen) atoms. The second-order valence-electron chi connectivity index (χ2n) is 5.60. The van der Waals surface area contributed by atoms with Crippen molar-refractivity contribution in [1.82, 2.24) is 9.55 Å². The van der Waals surface area contributed by atoms with E-state index >= 15 is 0 Å². The molecule has 2 fully saturated rings. The van der Waals surface area contributed by atoms with E-state index in [1.807, 2.05) is 6.33 Å². The van der Waals surface area contributed by atoms with E-state index in [9.17, 15) is 0 Å². The number of imidazole rings is 1. The highest BCUT2D eigenvalue weighted by molar-refractivity contribution is 5.05. The first-order valence-corrected chi connectivity index (χ1v) is 6.66. The van der Waals surface area contributed by atoms with Gasteiger partial charge in [0.25, 0.3) is 0 Å². The van der Waals surface area contributed by atoms with Crippen LogP contribution in [0.3, 0.4) is 0 Å². The van der Waals surface area contributed by atoms with Crippen molar-refractivity contribution >= 4 is 0 Å². The van der Waals surface area contributed by atoms with Crippen molar-refractivity contribution in [3.8, 4) is 0 Å². The predicted octanol–water partition coefficient (Wildman–Crippen LogP) is 1.31. The van der Waals surface area contributed by atoms with Gasteiger partial charge in [0.05, 0.1) is 24.7 Å². The molecule has 2 aliphatic rings. The molecule has 0 spiro atoms. The molecule has 94 valence electrons. The largest absolute Gasteiger partial charge is 0.394 e. The number of aliphatic hydroxyl groups is 1. The molecule has 1 atom stereocenters. The van der Waals surface area contributed by atoms with Crippen LogP contribution >= 0.6 is 0 Å². The Hall–Kier alpha value is -0.870. The summed E-state index contributed by atoms with van der Waals surface area (Å²) < 4.78 is 2.15. The summed E-state index contributed by atoms with van der Waals surface area (Å²) in [5, 5.41) is 9.14. The molecule has 1 heterocycles. The lowest BCUT2D eigenvalue weighted by atomic mass is 9.97. The van der Waals surface area contributed by atoms with Gasteiger partial charge >= 0.3 is 0 Å². The first kappa shape index (κ1) is 11.2. The van der Waals surface area contributed by atoms with Crippen LogP contribution in [0.25, 0.3) is 0 Å². The molecule has 1 aromatic heterocycles. The smallest absolute Gasteiger partial charge is 0.0948 e. The van der Waals surface area contributed by atoms with Gasteiger partial charge in [-0.2, -0.15) is 0 Å². The third-order valence-electron chi connectivity index (χ3n) is 4.18. The minimum atomic E-state index is -0.295. The van der Waals surface area contributed by atoms with E-state index in [-0.39, 0.29) is 12.6 Å². The van der Waals surface area contributed by atoms with Crippen LogP contribution in [0.1, 0.15) is 37.4 Å². The zero-order valence-corrected chi connectivity index (χ0v) is 10.1. The van der Waals surface area contributed by atoms with Crippen LogP contribution in [0.15, 0.2) is 12.5 Å². The Kier molecular flexibility index (Phi) is 2.92. The summed E-state index contributed by atoms with van der Waals surface area (Å²) in [6.45, 7) is 1.03. The van der Waals surface area contributed by atoms with Crippen LogP contribution in [0, 0.1) is 17.8 Å². The van der Waals surface area contributed by atoms with E-state index in [2.05, 4.69) is 9.55 Å². The minimum Gasteiger partial charge on any atom is -0.394 e. The lowest BCUT2D eigenvalue weighted by Gasteiger charge is -2.19. The van der Waals surface area contributed by atoms with Gasteiger partial charge in [-0.05, 0) is 43.4 Å². The maximum atomic E-state index is 9.14. The maximum Gasteiger partial charge on any atom is 0.0948 e. The van der Waals surface area contributed by atoms with Crippen LogP contribution in [-0.2, 0) is 6.54 Å². The number of aromatic nitrogens is 2. The van der Waals surface area contributed by atoms with Gasteiger partial charge in [-0.25, -0.2) is 4.98 Å². The number of rotatable bonds is 6. The summed E-state index contributed by atoms with van der Waals surface area (Å²) in [6, 6.07) is -0.295. The predicted molar refractivity (Wildman–Crippen MR) is 65.2 cm³/mol. The van der Waals surface area contributed by atoms with E-state index in [0.717, 1.165) is 30.0 Å². The Labute approximate surface area is 102 Å². The topological polar surface area (TPSA) is 64.1 Å². The average Bonchev–Trinajstić information content (AvgIpc) is 3.25. The van der Waals surface area contributed by atoms with E-state index in [1.54, 1.807) is 6.20 Å². The Bertz CT molecular complexity index is 370. The fourth-order valence-corrected chi connectivity index (χ4v) is 2.84. The normalized spacial score (nSPS) is 22.1. The van der Waals surface area contributed by atoms with Crippen LogP contribution in [0.5, 0.6) is 0 Å². The summed E-state index contributed by atoms with van der Waals surface area (Å²) in [4.78, 5) is 4.18. The number of hydrogen-bond acceptors (Lipinski definition) is 3. The average molecular weight is 235 g/mol. The van der Waals surface area contributed by atoms with Crippen LogP contribution < -0.4 is 5.73 Å². The highest BCUT2D eigenvalue weighted by atomic mass is 16.3. The van der Waals surface area contributed by atoms with E-state index in [1.165, 1.54) is 25.7 Å². The Morgan fingerprint density at radius 3 is 2.53 bits per heavy atom. The molecule has 0 bridgehead atoms. The van der Waals surface area contributed by atoms with E-state index < -0.39 is 0 Å². The summed E-state index contributed by atoms with van der Waals surface area (Å²) in [5.74, 6) is 2.68. The third-order valence-corrected chi connectivity index (χ3v) is 4.18. The molecule has 1 aromatic rings. The molecule has 3 N–H and O–H groups in total. The first-order valence-electron chi connectivity index (χ1n) is 6.66. The summed E-state index contributed by atoms with van der Waals surface area (Å²) in [6.07, 6.45) is 9.25. The summed E-state index contributed by atoms with van der Waals surface area (Å²) >= 11 is 0. The number of nitrogens with two attached hydrogens (primary N) is 1. The molecule has 0 amide bonds.